The molecule has 38 heavy (non-hydrogen) atoms. The van der Waals surface area contributed by atoms with Crippen LogP contribution in [0.3, 0.4) is 0 Å². The average Bonchev–Trinajstić information content (AvgIpc) is 2.90. The molecule has 2 saturated heterocycles. The zero-order chi connectivity index (χ0) is 28.4. The van der Waals surface area contributed by atoms with Gasteiger partial charge in [-0.3, -0.25) is 0 Å². The van der Waals surface area contributed by atoms with E-state index in [-0.39, 0.29) is 6.61 Å². The Labute approximate surface area is 222 Å². The molecule has 10 atom stereocenters. The highest BCUT2D eigenvalue weighted by Gasteiger charge is 2.50. The van der Waals surface area contributed by atoms with Gasteiger partial charge in [0.1, 0.15) is 48.8 Å². The van der Waals surface area contributed by atoms with E-state index < -0.39 is 74.6 Å². The van der Waals surface area contributed by atoms with E-state index in [1.165, 1.54) is 0 Å². The van der Waals surface area contributed by atoms with E-state index in [0.717, 1.165) is 16.7 Å². The van der Waals surface area contributed by atoms with Crippen molar-refractivity contribution >= 4 is 0 Å². The van der Waals surface area contributed by atoms with Crippen LogP contribution in [0.2, 0.25) is 0 Å². The Morgan fingerprint density at radius 2 is 1.39 bits per heavy atom. The minimum Gasteiger partial charge on any atom is -0.394 e. The van der Waals surface area contributed by atoms with Crippen LogP contribution < -0.4 is 0 Å². The maximum absolute atomic E-state index is 10.7. The van der Waals surface area contributed by atoms with Crippen molar-refractivity contribution < 1.29 is 54.7 Å². The van der Waals surface area contributed by atoms with Gasteiger partial charge in [0, 0.05) is 0 Å². The molecule has 0 saturated carbocycles. The Hall–Kier alpha value is -2.00. The quantitative estimate of drug-likeness (QED) is 0.157. The van der Waals surface area contributed by atoms with E-state index in [4.69, 9.17) is 18.9 Å². The summed E-state index contributed by atoms with van der Waals surface area (Å²) < 4.78 is 22.0. The molecule has 11 heteroatoms. The Balaban J connectivity index is 1.96. The lowest BCUT2D eigenvalue weighted by atomic mass is 9.97. The van der Waals surface area contributed by atoms with Crippen LogP contribution in [0.5, 0.6) is 0 Å². The normalized spacial score (nSPS) is 37.2. The topological polar surface area (TPSA) is 179 Å². The number of ether oxygens (including phenoxy) is 4. The summed E-state index contributed by atoms with van der Waals surface area (Å²) in [7, 11) is 0. The van der Waals surface area contributed by atoms with E-state index in [0.29, 0.717) is 0 Å². The molecule has 7 N–H and O–H groups in total. The number of rotatable bonds is 12. The Bertz CT molecular complexity index is 891. The van der Waals surface area contributed by atoms with E-state index in [9.17, 15) is 35.7 Å². The summed E-state index contributed by atoms with van der Waals surface area (Å²) in [6, 6.07) is 0. The number of hydrogen-bond acceptors (Lipinski definition) is 11. The molecule has 11 nitrogen and oxygen atoms in total. The van der Waals surface area contributed by atoms with Crippen LogP contribution in [0.1, 0.15) is 13.8 Å². The first-order valence-corrected chi connectivity index (χ1v) is 12.2. The van der Waals surface area contributed by atoms with E-state index >= 15 is 0 Å². The third kappa shape index (κ3) is 8.76. The number of allylic oxidation sites excluding steroid dienone is 9. The van der Waals surface area contributed by atoms with Gasteiger partial charge < -0.3 is 54.7 Å². The summed E-state index contributed by atoms with van der Waals surface area (Å²) in [6.45, 7) is 9.92. The second kappa shape index (κ2) is 15.6. The first-order chi connectivity index (χ1) is 18.0. The zero-order valence-corrected chi connectivity index (χ0v) is 21.6. The monoisotopic (exact) mass is 540 g/mol. The maximum Gasteiger partial charge on any atom is 0.187 e. The fraction of sp³-hybridized carbons (Fsp3) is 0.556. The highest BCUT2D eigenvalue weighted by molar-refractivity contribution is 5.31. The molecule has 0 aliphatic carbocycles. The second-order valence-corrected chi connectivity index (χ2v) is 9.24. The molecular formula is C27H40O11. The molecule has 2 aliphatic heterocycles. The van der Waals surface area contributed by atoms with Crippen LogP contribution in [0.25, 0.3) is 0 Å². The molecule has 214 valence electrons. The van der Waals surface area contributed by atoms with Crippen molar-refractivity contribution in [3.63, 3.8) is 0 Å². The number of aliphatic hydroxyl groups is 7. The van der Waals surface area contributed by atoms with Gasteiger partial charge in [-0.15, -0.1) is 0 Å². The van der Waals surface area contributed by atoms with Crippen molar-refractivity contribution in [2.24, 2.45) is 0 Å². The van der Waals surface area contributed by atoms with Crippen molar-refractivity contribution in [1.82, 2.24) is 0 Å². The molecule has 0 bridgehead atoms. The van der Waals surface area contributed by atoms with Crippen LogP contribution in [-0.2, 0) is 18.9 Å². The number of aliphatic hydroxyl groups excluding tert-OH is 7. The molecule has 2 heterocycles. The standard InChI is InChI=1S/C27H40O11/c1-5-15(2)8-6-9-16(3)10-7-11-17(4)14-35-26-24(34)22(32)25(19(13-29)37-26)38-27-23(33)21(31)20(30)18(12-28)36-27/h5-11,18-34H,1-2,12-14H2,3-4H3/t18-,19-,20-,21+,22-,23-,24-,25-,26?,27?/m1/s1. The third-order valence-electron chi connectivity index (χ3n) is 6.11. The summed E-state index contributed by atoms with van der Waals surface area (Å²) in [6.07, 6.45) is -2.12. The summed E-state index contributed by atoms with van der Waals surface area (Å²) in [5.74, 6) is 0. The summed E-state index contributed by atoms with van der Waals surface area (Å²) in [5.41, 5.74) is 2.59. The Kier molecular flexibility index (Phi) is 13.2. The van der Waals surface area contributed by atoms with Gasteiger partial charge in [0.15, 0.2) is 12.6 Å². The Morgan fingerprint density at radius 3 is 2.03 bits per heavy atom. The van der Waals surface area contributed by atoms with Crippen molar-refractivity contribution in [1.29, 1.82) is 0 Å². The number of hydrogen-bond donors (Lipinski definition) is 7. The molecule has 2 rings (SSSR count). The van der Waals surface area contributed by atoms with Gasteiger partial charge in [0.2, 0.25) is 0 Å². The molecule has 0 aromatic heterocycles. The molecule has 2 aliphatic rings. The molecule has 0 aromatic carbocycles. The van der Waals surface area contributed by atoms with Crippen LogP contribution in [0.15, 0.2) is 72.4 Å². The third-order valence-corrected chi connectivity index (χ3v) is 6.11. The predicted octanol–water partition coefficient (Wildman–Crippen LogP) is -0.626. The molecule has 0 spiro atoms. The van der Waals surface area contributed by atoms with E-state index in [1.807, 2.05) is 43.4 Å². The van der Waals surface area contributed by atoms with Crippen LogP contribution in [0.4, 0.5) is 0 Å². The van der Waals surface area contributed by atoms with Crippen LogP contribution >= 0.6 is 0 Å². The largest absolute Gasteiger partial charge is 0.394 e. The van der Waals surface area contributed by atoms with Crippen molar-refractivity contribution in [2.45, 2.75) is 75.3 Å². The predicted molar refractivity (Wildman–Crippen MR) is 137 cm³/mol. The molecule has 0 aromatic rings. The van der Waals surface area contributed by atoms with E-state index in [1.54, 1.807) is 13.0 Å². The molecule has 2 fully saturated rings. The minimum atomic E-state index is -1.73. The summed E-state index contributed by atoms with van der Waals surface area (Å²) in [4.78, 5) is 0. The maximum atomic E-state index is 10.7. The van der Waals surface area contributed by atoms with Crippen molar-refractivity contribution in [3.8, 4) is 0 Å². The lowest BCUT2D eigenvalue weighted by Gasteiger charge is -2.45. The average molecular weight is 541 g/mol. The van der Waals surface area contributed by atoms with Crippen LogP contribution in [-0.4, -0.2) is 117 Å². The van der Waals surface area contributed by atoms with Crippen molar-refractivity contribution in [2.75, 3.05) is 19.8 Å². The highest BCUT2D eigenvalue weighted by Crippen LogP contribution is 2.29. The molecular weight excluding hydrogens is 500 g/mol. The van der Waals surface area contributed by atoms with Gasteiger partial charge in [0.25, 0.3) is 0 Å². The zero-order valence-electron chi connectivity index (χ0n) is 21.6. The minimum absolute atomic E-state index is 0.0526. The lowest BCUT2D eigenvalue weighted by Crippen LogP contribution is -2.64. The SMILES string of the molecule is C=CC(=C)C=CC=C(C)C=CC=C(C)COC1O[C@H](CO)[C@@H](OC2O[C@H](CO)[C@@H](O)[C@H](O)[C@H]2O)[C@H](O)[C@H]1O. The Morgan fingerprint density at radius 1 is 0.789 bits per heavy atom. The van der Waals surface area contributed by atoms with Gasteiger partial charge >= 0.3 is 0 Å². The van der Waals surface area contributed by atoms with E-state index in [2.05, 4.69) is 13.2 Å². The lowest BCUT2D eigenvalue weighted by molar-refractivity contribution is -0.358. The van der Waals surface area contributed by atoms with Gasteiger partial charge in [-0.2, -0.15) is 0 Å². The molecule has 2 unspecified atom stereocenters. The first kappa shape index (κ1) is 32.2. The molecule has 0 radical (unpaired) electrons. The van der Waals surface area contributed by atoms with Gasteiger partial charge in [-0.1, -0.05) is 61.3 Å². The second-order valence-electron chi connectivity index (χ2n) is 9.24. The smallest absolute Gasteiger partial charge is 0.187 e. The highest BCUT2D eigenvalue weighted by atomic mass is 16.7. The van der Waals surface area contributed by atoms with Crippen molar-refractivity contribution in [3.05, 3.63) is 72.4 Å². The first-order valence-electron chi connectivity index (χ1n) is 12.2. The van der Waals surface area contributed by atoms with Gasteiger partial charge in [0.05, 0.1) is 19.8 Å². The summed E-state index contributed by atoms with van der Waals surface area (Å²) >= 11 is 0. The fourth-order valence-electron chi connectivity index (χ4n) is 3.77. The van der Waals surface area contributed by atoms with Gasteiger partial charge in [-0.05, 0) is 25.0 Å². The van der Waals surface area contributed by atoms with Crippen LogP contribution in [0, 0.1) is 0 Å². The summed E-state index contributed by atoms with van der Waals surface area (Å²) in [5, 5.41) is 70.4. The molecule has 0 amide bonds. The van der Waals surface area contributed by atoms with Gasteiger partial charge in [-0.25, -0.2) is 0 Å². The fourth-order valence-corrected chi connectivity index (χ4v) is 3.77.